The average Bonchev–Trinajstić information content (AvgIpc) is 2.35. The van der Waals surface area contributed by atoms with Crippen molar-refractivity contribution in [2.45, 2.75) is 20.8 Å². The first-order chi connectivity index (χ1) is 6.95. The maximum absolute atomic E-state index is 10.6. The topological polar surface area (TPSA) is 49.8 Å². The fourth-order valence-electron chi connectivity index (χ4n) is 2.18. The molecule has 0 radical (unpaired) electrons. The molecule has 1 heterocycles. The van der Waals surface area contributed by atoms with E-state index >= 15 is 0 Å². The number of rotatable bonds is 5. The number of carbonyl (C=O) groups is 1. The molecule has 88 valence electrons. The van der Waals surface area contributed by atoms with Crippen molar-refractivity contribution in [3.8, 4) is 0 Å². The van der Waals surface area contributed by atoms with E-state index in [0.29, 0.717) is 5.92 Å². The lowest BCUT2D eigenvalue weighted by molar-refractivity contribution is -0.138. The third-order valence-corrected chi connectivity index (χ3v) is 3.10. The number of nitrogens with zero attached hydrogens (tertiary/aromatic N) is 1. The van der Waals surface area contributed by atoms with Crippen LogP contribution in [0.25, 0.3) is 0 Å². The zero-order valence-corrected chi connectivity index (χ0v) is 9.82. The van der Waals surface area contributed by atoms with Crippen molar-refractivity contribution >= 4 is 5.97 Å². The van der Waals surface area contributed by atoms with Crippen LogP contribution < -0.4 is 0 Å². The first kappa shape index (κ1) is 12.5. The number of carboxylic acids is 1. The fourth-order valence-corrected chi connectivity index (χ4v) is 2.18. The monoisotopic (exact) mass is 215 g/mol. The van der Waals surface area contributed by atoms with Crippen LogP contribution in [-0.2, 0) is 9.53 Å². The number of hydrogen-bond acceptors (Lipinski definition) is 3. The predicted molar refractivity (Wildman–Crippen MR) is 57.8 cm³/mol. The molecule has 0 unspecified atom stereocenters. The van der Waals surface area contributed by atoms with Crippen molar-refractivity contribution in [3.63, 3.8) is 0 Å². The van der Waals surface area contributed by atoms with Gasteiger partial charge in [-0.2, -0.15) is 0 Å². The second-order valence-electron chi connectivity index (χ2n) is 4.91. The number of likely N-dealkylation sites (tertiary alicyclic amines) is 1. The van der Waals surface area contributed by atoms with Crippen LogP contribution in [0.4, 0.5) is 0 Å². The second kappa shape index (κ2) is 4.94. The standard InChI is InChI=1S/C11H21NO3/c1-4-15-7-9-5-12(6-10(13)14)8-11(9,2)3/h9H,4-8H2,1-3H3,(H,13,14)/t9-/m1/s1. The molecule has 4 nitrogen and oxygen atoms in total. The molecule has 0 spiro atoms. The molecule has 0 saturated carbocycles. The van der Waals surface area contributed by atoms with E-state index in [1.807, 2.05) is 11.8 Å². The summed E-state index contributed by atoms with van der Waals surface area (Å²) in [7, 11) is 0. The molecule has 0 aliphatic carbocycles. The molecule has 4 heteroatoms. The summed E-state index contributed by atoms with van der Waals surface area (Å²) in [6, 6.07) is 0. The molecule has 0 bridgehead atoms. The van der Waals surface area contributed by atoms with Crippen molar-refractivity contribution in [2.24, 2.45) is 11.3 Å². The first-order valence-electron chi connectivity index (χ1n) is 5.47. The molecule has 1 saturated heterocycles. The van der Waals surface area contributed by atoms with Gasteiger partial charge in [0.1, 0.15) is 0 Å². The summed E-state index contributed by atoms with van der Waals surface area (Å²) in [6.45, 7) is 9.63. The largest absolute Gasteiger partial charge is 0.480 e. The summed E-state index contributed by atoms with van der Waals surface area (Å²) < 4.78 is 5.43. The van der Waals surface area contributed by atoms with Gasteiger partial charge in [-0.25, -0.2) is 0 Å². The maximum Gasteiger partial charge on any atom is 0.317 e. The van der Waals surface area contributed by atoms with Gasteiger partial charge in [0.15, 0.2) is 0 Å². The summed E-state index contributed by atoms with van der Waals surface area (Å²) in [5.41, 5.74) is 0.157. The lowest BCUT2D eigenvalue weighted by Gasteiger charge is -2.25. The van der Waals surface area contributed by atoms with Crippen molar-refractivity contribution < 1.29 is 14.6 Å². The van der Waals surface area contributed by atoms with E-state index in [-0.39, 0.29) is 12.0 Å². The molecule has 0 amide bonds. The van der Waals surface area contributed by atoms with E-state index in [4.69, 9.17) is 9.84 Å². The van der Waals surface area contributed by atoms with Gasteiger partial charge >= 0.3 is 5.97 Å². The van der Waals surface area contributed by atoms with Gasteiger partial charge < -0.3 is 9.84 Å². The Morgan fingerprint density at radius 3 is 2.80 bits per heavy atom. The zero-order valence-electron chi connectivity index (χ0n) is 9.82. The van der Waals surface area contributed by atoms with Crippen LogP contribution in [0.1, 0.15) is 20.8 Å². The molecule has 1 rings (SSSR count). The Morgan fingerprint density at radius 2 is 2.27 bits per heavy atom. The zero-order chi connectivity index (χ0) is 11.5. The van der Waals surface area contributed by atoms with Crippen LogP contribution in [0.15, 0.2) is 0 Å². The van der Waals surface area contributed by atoms with Gasteiger partial charge in [-0.1, -0.05) is 13.8 Å². The van der Waals surface area contributed by atoms with Gasteiger partial charge in [-0.3, -0.25) is 9.69 Å². The molecular formula is C11H21NO3. The molecule has 1 N–H and O–H groups in total. The summed E-state index contributed by atoms with van der Waals surface area (Å²) in [5.74, 6) is -0.306. The average molecular weight is 215 g/mol. The quantitative estimate of drug-likeness (QED) is 0.745. The van der Waals surface area contributed by atoms with E-state index in [2.05, 4.69) is 13.8 Å². The predicted octanol–water partition coefficient (Wildman–Crippen LogP) is 1.07. The van der Waals surface area contributed by atoms with Gasteiger partial charge in [0, 0.05) is 25.6 Å². The van der Waals surface area contributed by atoms with Gasteiger partial charge in [0.05, 0.1) is 13.2 Å². The first-order valence-corrected chi connectivity index (χ1v) is 5.47. The normalized spacial score (nSPS) is 25.7. The van der Waals surface area contributed by atoms with E-state index in [1.54, 1.807) is 0 Å². The Balaban J connectivity index is 2.48. The molecule has 1 atom stereocenters. The highest BCUT2D eigenvalue weighted by molar-refractivity contribution is 5.69. The smallest absolute Gasteiger partial charge is 0.317 e. The lowest BCUT2D eigenvalue weighted by atomic mass is 9.83. The van der Waals surface area contributed by atoms with E-state index in [1.165, 1.54) is 0 Å². The number of carboxylic acid groups (broad SMARTS) is 1. The maximum atomic E-state index is 10.6. The van der Waals surface area contributed by atoms with Crippen molar-refractivity contribution in [1.82, 2.24) is 4.90 Å². The van der Waals surface area contributed by atoms with Gasteiger partial charge in [-0.05, 0) is 12.3 Å². The number of hydrogen-bond donors (Lipinski definition) is 1. The summed E-state index contributed by atoms with van der Waals surface area (Å²) in [5, 5.41) is 8.73. The highest BCUT2D eigenvalue weighted by atomic mass is 16.5. The van der Waals surface area contributed by atoms with Gasteiger partial charge in [-0.15, -0.1) is 0 Å². The molecule has 0 aromatic carbocycles. The van der Waals surface area contributed by atoms with E-state index in [9.17, 15) is 4.79 Å². The SMILES string of the molecule is CCOC[C@H]1CN(CC(=O)O)CC1(C)C. The second-order valence-corrected chi connectivity index (χ2v) is 4.91. The summed E-state index contributed by atoms with van der Waals surface area (Å²) in [6.07, 6.45) is 0. The molecule has 0 aromatic rings. The molecule has 0 aromatic heterocycles. The number of aliphatic carboxylic acids is 1. The minimum absolute atomic E-state index is 0.145. The van der Waals surface area contributed by atoms with E-state index in [0.717, 1.165) is 26.3 Å². The Hall–Kier alpha value is -0.610. The van der Waals surface area contributed by atoms with Crippen molar-refractivity contribution in [3.05, 3.63) is 0 Å². The van der Waals surface area contributed by atoms with Crippen LogP contribution in [0.2, 0.25) is 0 Å². The molecule has 15 heavy (non-hydrogen) atoms. The minimum Gasteiger partial charge on any atom is -0.480 e. The van der Waals surface area contributed by atoms with Gasteiger partial charge in [0.2, 0.25) is 0 Å². The Bertz CT molecular complexity index is 228. The third-order valence-electron chi connectivity index (χ3n) is 3.10. The summed E-state index contributed by atoms with van der Waals surface area (Å²) in [4.78, 5) is 12.6. The minimum atomic E-state index is -0.747. The highest BCUT2D eigenvalue weighted by Crippen LogP contribution is 2.35. The van der Waals surface area contributed by atoms with E-state index < -0.39 is 5.97 Å². The Morgan fingerprint density at radius 1 is 1.60 bits per heavy atom. The van der Waals surface area contributed by atoms with Crippen molar-refractivity contribution in [2.75, 3.05) is 32.8 Å². The molecule has 1 aliphatic rings. The van der Waals surface area contributed by atoms with Crippen molar-refractivity contribution in [1.29, 1.82) is 0 Å². The molecule has 1 aliphatic heterocycles. The fraction of sp³-hybridized carbons (Fsp3) is 0.909. The van der Waals surface area contributed by atoms with Crippen LogP contribution in [0.5, 0.6) is 0 Å². The lowest BCUT2D eigenvalue weighted by Crippen LogP contribution is -2.28. The van der Waals surface area contributed by atoms with Gasteiger partial charge in [0.25, 0.3) is 0 Å². The Labute approximate surface area is 91.2 Å². The van der Waals surface area contributed by atoms with Crippen LogP contribution in [0, 0.1) is 11.3 Å². The third kappa shape index (κ3) is 3.47. The summed E-state index contributed by atoms with van der Waals surface area (Å²) >= 11 is 0. The van der Waals surface area contributed by atoms with Crippen LogP contribution >= 0.6 is 0 Å². The molecule has 1 fully saturated rings. The Kier molecular flexibility index (Phi) is 4.11. The van der Waals surface area contributed by atoms with Crippen LogP contribution in [-0.4, -0.2) is 48.8 Å². The van der Waals surface area contributed by atoms with Crippen LogP contribution in [0.3, 0.4) is 0 Å². The molecular weight excluding hydrogens is 194 g/mol. The highest BCUT2D eigenvalue weighted by Gasteiger charge is 2.39. The number of ether oxygens (including phenoxy) is 1.